The summed E-state index contributed by atoms with van der Waals surface area (Å²) in [7, 11) is 0. The summed E-state index contributed by atoms with van der Waals surface area (Å²) in [5.74, 6) is -1.60. The first-order valence-electron chi connectivity index (χ1n) is 8.36. The Kier molecular flexibility index (Phi) is 8.26. The van der Waals surface area contributed by atoms with Crippen molar-refractivity contribution in [1.29, 1.82) is 0 Å². The third kappa shape index (κ3) is 8.08. The molecule has 10 heteroatoms. The SMILES string of the molecule is O=C(COC(=O)c1cccc(OC(F)F)c1)NCCc1ccc(OC(F)F)cc1. The Morgan fingerprint density at radius 2 is 1.55 bits per heavy atom. The molecule has 0 radical (unpaired) electrons. The van der Waals surface area contributed by atoms with Crippen LogP contribution in [0.1, 0.15) is 15.9 Å². The smallest absolute Gasteiger partial charge is 0.387 e. The number of hydrogen-bond acceptors (Lipinski definition) is 5. The highest BCUT2D eigenvalue weighted by Crippen LogP contribution is 2.17. The van der Waals surface area contributed by atoms with Crippen molar-refractivity contribution in [3.05, 3.63) is 59.7 Å². The Balaban J connectivity index is 1.72. The molecule has 2 aromatic rings. The van der Waals surface area contributed by atoms with E-state index in [0.717, 1.165) is 11.6 Å². The van der Waals surface area contributed by atoms with Crippen LogP contribution in [0.3, 0.4) is 0 Å². The third-order valence-corrected chi connectivity index (χ3v) is 3.51. The van der Waals surface area contributed by atoms with Crippen molar-refractivity contribution in [3.8, 4) is 11.5 Å². The molecule has 0 spiro atoms. The summed E-state index contributed by atoms with van der Waals surface area (Å²) in [5.41, 5.74) is 0.738. The zero-order valence-corrected chi connectivity index (χ0v) is 14.9. The summed E-state index contributed by atoms with van der Waals surface area (Å²) in [6.07, 6.45) is 0.418. The van der Waals surface area contributed by atoms with E-state index in [2.05, 4.69) is 14.8 Å². The zero-order valence-electron chi connectivity index (χ0n) is 14.9. The number of amides is 1. The molecular weight excluding hydrogens is 398 g/mol. The molecule has 1 amide bonds. The second-order valence-corrected chi connectivity index (χ2v) is 5.60. The van der Waals surface area contributed by atoms with Crippen LogP contribution in [0.25, 0.3) is 0 Å². The minimum absolute atomic E-state index is 0.0303. The van der Waals surface area contributed by atoms with Gasteiger partial charge in [-0.15, -0.1) is 0 Å². The number of nitrogens with one attached hydrogen (secondary N) is 1. The number of carbonyl (C=O) groups is 2. The van der Waals surface area contributed by atoms with Crippen LogP contribution in [0.15, 0.2) is 48.5 Å². The molecule has 0 aliphatic rings. The van der Waals surface area contributed by atoms with E-state index in [9.17, 15) is 27.2 Å². The standard InChI is InChI=1S/C19H17F4NO5/c20-18(21)28-14-6-4-12(5-7-14)8-9-24-16(25)11-27-17(26)13-2-1-3-15(10-13)29-19(22)23/h1-7,10,18-19H,8-9,11H2,(H,24,25). The maximum atomic E-state index is 12.2. The van der Waals surface area contributed by atoms with Crippen LogP contribution in [0, 0.1) is 0 Å². The van der Waals surface area contributed by atoms with Crippen LogP contribution in [-0.2, 0) is 16.0 Å². The predicted molar refractivity (Wildman–Crippen MR) is 93.1 cm³/mol. The van der Waals surface area contributed by atoms with E-state index in [1.54, 1.807) is 12.1 Å². The number of esters is 1. The highest BCUT2D eigenvalue weighted by Gasteiger charge is 2.12. The van der Waals surface area contributed by atoms with E-state index in [1.165, 1.54) is 30.3 Å². The average Bonchev–Trinajstić information content (AvgIpc) is 2.67. The van der Waals surface area contributed by atoms with Gasteiger partial charge in [0.2, 0.25) is 0 Å². The van der Waals surface area contributed by atoms with Crippen molar-refractivity contribution in [3.63, 3.8) is 0 Å². The Hall–Kier alpha value is -3.30. The monoisotopic (exact) mass is 415 g/mol. The van der Waals surface area contributed by atoms with Crippen molar-refractivity contribution in [2.24, 2.45) is 0 Å². The number of ether oxygens (including phenoxy) is 3. The summed E-state index contributed by atoms with van der Waals surface area (Å²) < 4.78 is 61.8. The molecule has 29 heavy (non-hydrogen) atoms. The lowest BCUT2D eigenvalue weighted by atomic mass is 10.1. The molecule has 0 aliphatic heterocycles. The molecule has 0 heterocycles. The molecule has 0 saturated carbocycles. The van der Waals surface area contributed by atoms with Gasteiger partial charge in [0, 0.05) is 6.54 Å². The molecule has 0 saturated heterocycles. The summed E-state index contributed by atoms with van der Waals surface area (Å²) >= 11 is 0. The molecule has 2 rings (SSSR count). The first-order valence-corrected chi connectivity index (χ1v) is 8.36. The number of halogens is 4. The molecule has 0 bridgehead atoms. The molecule has 156 valence electrons. The number of alkyl halides is 4. The predicted octanol–water partition coefficient (Wildman–Crippen LogP) is 3.41. The van der Waals surface area contributed by atoms with Gasteiger partial charge in [-0.2, -0.15) is 17.6 Å². The van der Waals surface area contributed by atoms with E-state index in [4.69, 9.17) is 4.74 Å². The molecule has 0 aromatic heterocycles. The van der Waals surface area contributed by atoms with E-state index in [1.807, 2.05) is 0 Å². The number of carbonyl (C=O) groups excluding carboxylic acids is 2. The molecule has 2 aromatic carbocycles. The lowest BCUT2D eigenvalue weighted by molar-refractivity contribution is -0.124. The molecule has 0 aliphatic carbocycles. The van der Waals surface area contributed by atoms with Crippen molar-refractivity contribution >= 4 is 11.9 Å². The number of hydrogen-bond donors (Lipinski definition) is 1. The van der Waals surface area contributed by atoms with E-state index in [0.29, 0.717) is 6.42 Å². The van der Waals surface area contributed by atoms with Crippen LogP contribution in [0.2, 0.25) is 0 Å². The van der Waals surface area contributed by atoms with Gasteiger partial charge in [-0.25, -0.2) is 4.79 Å². The first-order chi connectivity index (χ1) is 13.8. The summed E-state index contributed by atoms with van der Waals surface area (Å²) in [6.45, 7) is -6.26. The fraction of sp³-hybridized carbons (Fsp3) is 0.263. The topological polar surface area (TPSA) is 73.9 Å². The second-order valence-electron chi connectivity index (χ2n) is 5.60. The van der Waals surface area contributed by atoms with Gasteiger partial charge in [-0.05, 0) is 42.3 Å². The van der Waals surface area contributed by atoms with Gasteiger partial charge in [0.25, 0.3) is 5.91 Å². The van der Waals surface area contributed by atoms with Gasteiger partial charge < -0.3 is 19.5 Å². The highest BCUT2D eigenvalue weighted by molar-refractivity contribution is 5.91. The summed E-state index contributed by atoms with van der Waals surface area (Å²) in [6, 6.07) is 10.9. The quantitative estimate of drug-likeness (QED) is 0.476. The van der Waals surface area contributed by atoms with E-state index < -0.39 is 31.7 Å². The van der Waals surface area contributed by atoms with Crippen molar-refractivity contribution in [2.75, 3.05) is 13.2 Å². The number of rotatable bonds is 10. The Morgan fingerprint density at radius 1 is 0.897 bits per heavy atom. The average molecular weight is 415 g/mol. The van der Waals surface area contributed by atoms with Crippen molar-refractivity contribution in [1.82, 2.24) is 5.32 Å². The Morgan fingerprint density at radius 3 is 2.21 bits per heavy atom. The summed E-state index contributed by atoms with van der Waals surface area (Å²) in [4.78, 5) is 23.6. The van der Waals surface area contributed by atoms with Crippen LogP contribution >= 0.6 is 0 Å². The van der Waals surface area contributed by atoms with Crippen LogP contribution < -0.4 is 14.8 Å². The molecule has 0 fully saturated rings. The lowest BCUT2D eigenvalue weighted by Gasteiger charge is -2.09. The van der Waals surface area contributed by atoms with Crippen LogP contribution in [0.4, 0.5) is 17.6 Å². The van der Waals surface area contributed by atoms with Gasteiger partial charge in [0.15, 0.2) is 6.61 Å². The third-order valence-electron chi connectivity index (χ3n) is 3.51. The van der Waals surface area contributed by atoms with Crippen LogP contribution in [0.5, 0.6) is 11.5 Å². The maximum Gasteiger partial charge on any atom is 0.387 e. The maximum absolute atomic E-state index is 12.2. The Labute approximate surface area is 163 Å². The number of benzene rings is 2. The van der Waals surface area contributed by atoms with E-state index >= 15 is 0 Å². The van der Waals surface area contributed by atoms with E-state index in [-0.39, 0.29) is 23.6 Å². The second kappa shape index (κ2) is 10.9. The van der Waals surface area contributed by atoms with Crippen LogP contribution in [-0.4, -0.2) is 38.3 Å². The zero-order chi connectivity index (χ0) is 21.2. The largest absolute Gasteiger partial charge is 0.452 e. The molecule has 0 atom stereocenters. The van der Waals surface area contributed by atoms with Gasteiger partial charge in [-0.1, -0.05) is 18.2 Å². The normalized spacial score (nSPS) is 10.7. The van der Waals surface area contributed by atoms with Crippen molar-refractivity contribution in [2.45, 2.75) is 19.6 Å². The minimum Gasteiger partial charge on any atom is -0.452 e. The lowest BCUT2D eigenvalue weighted by Crippen LogP contribution is -2.30. The first kappa shape index (κ1) is 22.0. The fourth-order valence-corrected chi connectivity index (χ4v) is 2.25. The molecule has 0 unspecified atom stereocenters. The Bertz CT molecular complexity index is 815. The molecular formula is C19H17F4NO5. The molecule has 1 N–H and O–H groups in total. The van der Waals surface area contributed by atoms with Crippen molar-refractivity contribution < 1.29 is 41.4 Å². The minimum atomic E-state index is -3.03. The van der Waals surface area contributed by atoms with Gasteiger partial charge in [0.1, 0.15) is 11.5 Å². The fourth-order valence-electron chi connectivity index (χ4n) is 2.25. The van der Waals surface area contributed by atoms with Gasteiger partial charge in [-0.3, -0.25) is 4.79 Å². The summed E-state index contributed by atoms with van der Waals surface area (Å²) in [5, 5.41) is 2.53. The van der Waals surface area contributed by atoms with Gasteiger partial charge >= 0.3 is 19.2 Å². The molecule has 6 nitrogen and oxygen atoms in total. The highest BCUT2D eigenvalue weighted by atomic mass is 19.3. The van der Waals surface area contributed by atoms with Gasteiger partial charge in [0.05, 0.1) is 5.56 Å².